The SMILES string of the molecule is C.Nc1cc(F)cc(Cl)c1.O=[N+]([O-])c1c(Cc2cc(F)cc(Cl)c2)ccc2c1CN=N2.O=[N+]([O-])c1c(Cl)ccc2c1CN=N2.[2H]CF. The third-order valence-electron chi connectivity index (χ3n) is 5.93. The van der Waals surface area contributed by atoms with Crippen molar-refractivity contribution in [3.8, 4) is 0 Å². The maximum absolute atomic E-state index is 13.4. The molecule has 0 radical (unpaired) electrons. The number of hydrogen-bond acceptors (Lipinski definition) is 9. The first kappa shape index (κ1) is 35.8. The van der Waals surface area contributed by atoms with Crippen LogP contribution in [0.5, 0.6) is 0 Å². The average Bonchev–Trinajstić information content (AvgIpc) is 3.62. The number of nitrogens with zero attached hydrogens (tertiary/aromatic N) is 6. The second-order valence-corrected chi connectivity index (χ2v) is 10.2. The van der Waals surface area contributed by atoms with Crippen LogP contribution in [0.4, 0.5) is 41.6 Å². The van der Waals surface area contributed by atoms with E-state index in [1.807, 2.05) is 0 Å². The molecule has 0 atom stereocenters. The summed E-state index contributed by atoms with van der Waals surface area (Å²) in [5, 5.41) is 37.8. The fraction of sp³-hybridized carbons (Fsp3) is 0.172. The molecule has 0 saturated heterocycles. The summed E-state index contributed by atoms with van der Waals surface area (Å²) in [4.78, 5) is 21.0. The number of nitro benzene ring substituents is 2. The van der Waals surface area contributed by atoms with Crippen molar-refractivity contribution in [1.29, 1.82) is 0 Å². The molecular weight excluding hydrogens is 674 g/mol. The van der Waals surface area contributed by atoms with Gasteiger partial charge in [0, 0.05) is 27.7 Å². The highest BCUT2D eigenvalue weighted by atomic mass is 35.5. The highest BCUT2D eigenvalue weighted by Gasteiger charge is 2.26. The Balaban J connectivity index is 0.000000253. The van der Waals surface area contributed by atoms with Crippen LogP contribution in [-0.4, -0.2) is 17.0 Å². The molecule has 0 aliphatic carbocycles. The maximum Gasteiger partial charge on any atom is 0.295 e. The summed E-state index contributed by atoms with van der Waals surface area (Å²) in [6, 6.07) is 14.4. The van der Waals surface area contributed by atoms with Gasteiger partial charge in [0.1, 0.15) is 16.7 Å². The number of halogens is 6. The lowest BCUT2D eigenvalue weighted by Gasteiger charge is -2.07. The van der Waals surface area contributed by atoms with E-state index in [0.717, 1.165) is 0 Å². The third kappa shape index (κ3) is 9.67. The zero-order chi connectivity index (χ0) is 34.0. The van der Waals surface area contributed by atoms with Crippen molar-refractivity contribution in [2.24, 2.45) is 20.5 Å². The molecule has 2 aliphatic rings. The van der Waals surface area contributed by atoms with Gasteiger partial charge in [-0.3, -0.25) is 24.6 Å². The molecule has 0 aromatic heterocycles. The number of rotatable bonds is 4. The minimum atomic E-state index is -1.00. The fourth-order valence-corrected chi connectivity index (χ4v) is 4.93. The van der Waals surface area contributed by atoms with Gasteiger partial charge in [-0.25, -0.2) is 8.78 Å². The van der Waals surface area contributed by atoms with E-state index in [1.165, 1.54) is 36.4 Å². The van der Waals surface area contributed by atoms with Gasteiger partial charge >= 0.3 is 0 Å². The maximum atomic E-state index is 13.4. The number of nitrogen functional groups attached to an aromatic ring is 1. The zero-order valence-electron chi connectivity index (χ0n) is 23.8. The third-order valence-corrected chi connectivity index (χ3v) is 6.67. The number of alkyl halides is 1. The lowest BCUT2D eigenvalue weighted by atomic mass is 9.99. The van der Waals surface area contributed by atoms with Gasteiger partial charge in [-0.05, 0) is 66.2 Å². The first-order chi connectivity index (χ1) is 21.8. The number of hydrogen-bond donors (Lipinski definition) is 1. The van der Waals surface area contributed by atoms with Gasteiger partial charge in [0.25, 0.3) is 11.4 Å². The van der Waals surface area contributed by atoms with Crippen LogP contribution in [0.3, 0.4) is 0 Å². The topological polar surface area (TPSA) is 162 Å². The minimum absolute atomic E-state index is 0. The van der Waals surface area contributed by atoms with E-state index in [4.69, 9.17) is 41.9 Å². The molecule has 4 aromatic carbocycles. The first-order valence-corrected chi connectivity index (χ1v) is 13.5. The molecule has 46 heavy (non-hydrogen) atoms. The van der Waals surface area contributed by atoms with Crippen LogP contribution in [0.25, 0.3) is 0 Å². The monoisotopic (exact) mass is 698 g/mol. The standard InChI is InChI=1S/C14H9ClFN3O2.C7H4ClN3O2.C6H5ClFN.CH3F.CH4/c15-10-4-8(5-11(16)6-10)3-9-1-2-13-12(7-17-18-13)14(9)19(20)21;8-5-1-2-6-4(3-9-10-6)7(5)11(12)13;7-4-1-5(8)3-6(9)2-4;1-2;/h1-2,4-6H,3,7H2;1-2H,3H2;1-3H,9H2;1H3;1H4/i;;;1D;. The van der Waals surface area contributed by atoms with E-state index >= 15 is 0 Å². The largest absolute Gasteiger partial charge is 0.399 e. The smallest absolute Gasteiger partial charge is 0.295 e. The molecule has 0 saturated carbocycles. The number of azo groups is 2. The highest BCUT2D eigenvalue weighted by Crippen LogP contribution is 2.39. The predicted octanol–water partition coefficient (Wildman–Crippen LogP) is 10.7. The first-order valence-electron chi connectivity index (χ1n) is 13.1. The molecule has 2 aliphatic heterocycles. The van der Waals surface area contributed by atoms with Crippen LogP contribution >= 0.6 is 34.8 Å². The van der Waals surface area contributed by atoms with E-state index in [9.17, 15) is 33.4 Å². The van der Waals surface area contributed by atoms with Crippen LogP contribution in [0.2, 0.25) is 15.1 Å². The molecular formula is C29H25Cl3F3N7O4. The normalized spacial score (nSPS) is 11.7. The van der Waals surface area contributed by atoms with Crippen LogP contribution in [0, 0.1) is 31.9 Å². The van der Waals surface area contributed by atoms with Gasteiger partial charge in [-0.15, -0.1) is 0 Å². The van der Waals surface area contributed by atoms with E-state index in [1.54, 1.807) is 24.3 Å². The summed E-state index contributed by atoms with van der Waals surface area (Å²) in [6.45, 7) is 0.440. The van der Waals surface area contributed by atoms with Crippen molar-refractivity contribution in [2.45, 2.75) is 26.9 Å². The van der Waals surface area contributed by atoms with Gasteiger partial charge < -0.3 is 5.73 Å². The Labute approximate surface area is 277 Å². The molecule has 0 amide bonds. The van der Waals surface area contributed by atoms with E-state index in [-0.39, 0.29) is 48.4 Å². The summed E-state index contributed by atoms with van der Waals surface area (Å²) >= 11 is 16.9. The van der Waals surface area contributed by atoms with Gasteiger partial charge in [-0.1, -0.05) is 42.2 Å². The molecule has 0 unspecified atom stereocenters. The van der Waals surface area contributed by atoms with Crippen molar-refractivity contribution in [1.82, 2.24) is 0 Å². The van der Waals surface area contributed by atoms with E-state index in [0.29, 0.717) is 44.3 Å². The Kier molecular flexibility index (Phi) is 13.4. The molecule has 17 heteroatoms. The van der Waals surface area contributed by atoms with Crippen molar-refractivity contribution in [3.63, 3.8) is 0 Å². The molecule has 6 rings (SSSR count). The van der Waals surface area contributed by atoms with Crippen molar-refractivity contribution < 1.29 is 24.4 Å². The lowest BCUT2D eigenvalue weighted by molar-refractivity contribution is -0.386. The van der Waals surface area contributed by atoms with Gasteiger partial charge in [0.2, 0.25) is 0 Å². The van der Waals surface area contributed by atoms with Gasteiger partial charge in [0.05, 0.1) is 54.0 Å². The number of nitrogens with two attached hydrogens (primary N) is 1. The van der Waals surface area contributed by atoms with E-state index < -0.39 is 28.6 Å². The highest BCUT2D eigenvalue weighted by molar-refractivity contribution is 6.33. The van der Waals surface area contributed by atoms with Crippen molar-refractivity contribution in [2.75, 3.05) is 12.9 Å². The summed E-state index contributed by atoms with van der Waals surface area (Å²) in [7, 11) is -1.00. The second kappa shape index (κ2) is 17.1. The summed E-state index contributed by atoms with van der Waals surface area (Å²) in [5.74, 6) is -0.869. The number of fused-ring (bicyclic) bond motifs is 2. The minimum Gasteiger partial charge on any atom is -0.399 e. The molecule has 0 fully saturated rings. The average molecular weight is 700 g/mol. The molecule has 11 nitrogen and oxygen atoms in total. The number of nitro groups is 2. The number of benzene rings is 4. The lowest BCUT2D eigenvalue weighted by Crippen LogP contribution is -2.00. The summed E-state index contributed by atoms with van der Waals surface area (Å²) < 4.78 is 41.1. The second-order valence-electron chi connectivity index (χ2n) is 8.94. The van der Waals surface area contributed by atoms with E-state index in [2.05, 4.69) is 20.5 Å². The van der Waals surface area contributed by atoms with Crippen molar-refractivity contribution >= 4 is 63.2 Å². The quantitative estimate of drug-likeness (QED) is 0.127. The molecule has 242 valence electrons. The molecule has 0 bridgehead atoms. The molecule has 0 spiro atoms. The Bertz CT molecular complexity index is 1760. The molecule has 2 heterocycles. The van der Waals surface area contributed by atoms with Crippen LogP contribution in [-0.2, 0) is 19.5 Å². The fourth-order valence-electron chi connectivity index (χ4n) is 4.21. The molecule has 2 N–H and O–H groups in total. The predicted molar refractivity (Wildman–Crippen MR) is 171 cm³/mol. The van der Waals surface area contributed by atoms with Crippen LogP contribution in [0.15, 0.2) is 81.1 Å². The summed E-state index contributed by atoms with van der Waals surface area (Å²) in [6.07, 6.45) is 0.223. The number of anilines is 1. The van der Waals surface area contributed by atoms with Crippen LogP contribution < -0.4 is 5.73 Å². The zero-order valence-corrected chi connectivity index (χ0v) is 25.0. The molecule has 4 aromatic rings. The van der Waals surface area contributed by atoms with Crippen molar-refractivity contribution in [3.05, 3.63) is 130 Å². The Morgan fingerprint density at radius 3 is 1.83 bits per heavy atom. The summed E-state index contributed by atoms with van der Waals surface area (Å²) in [5.41, 5.74) is 8.62. The Morgan fingerprint density at radius 1 is 0.826 bits per heavy atom. The Morgan fingerprint density at radius 2 is 1.33 bits per heavy atom. The van der Waals surface area contributed by atoms with Crippen LogP contribution in [0.1, 0.15) is 31.1 Å². The van der Waals surface area contributed by atoms with Gasteiger partial charge in [-0.2, -0.15) is 20.5 Å². The van der Waals surface area contributed by atoms with Gasteiger partial charge in [0.15, 0.2) is 0 Å². The Hall–Kier alpha value is -4.66.